The SMILES string of the molecule is CC1(CNC(=O)C(N)C(F)(F)F)CCC1. The maximum Gasteiger partial charge on any atom is 0.412 e. The number of hydrogen-bond acceptors (Lipinski definition) is 2. The van der Waals surface area contributed by atoms with Crippen molar-refractivity contribution in [3.05, 3.63) is 0 Å². The van der Waals surface area contributed by atoms with E-state index in [1.807, 2.05) is 6.92 Å². The molecule has 0 spiro atoms. The molecule has 3 nitrogen and oxygen atoms in total. The van der Waals surface area contributed by atoms with Gasteiger partial charge in [0, 0.05) is 6.54 Å². The highest BCUT2D eigenvalue weighted by molar-refractivity contribution is 5.82. The van der Waals surface area contributed by atoms with Crippen LogP contribution in [0.15, 0.2) is 0 Å². The van der Waals surface area contributed by atoms with Gasteiger partial charge in [0.05, 0.1) is 0 Å². The molecule has 1 fully saturated rings. The lowest BCUT2D eigenvalue weighted by atomic mass is 9.70. The molecule has 1 aliphatic carbocycles. The second-order valence-electron chi connectivity index (χ2n) is 4.40. The maximum atomic E-state index is 12.0. The average molecular weight is 224 g/mol. The molecule has 1 amide bonds. The molecule has 88 valence electrons. The number of rotatable bonds is 3. The van der Waals surface area contributed by atoms with Gasteiger partial charge in [0.2, 0.25) is 5.91 Å². The molecular weight excluding hydrogens is 209 g/mol. The minimum Gasteiger partial charge on any atom is -0.354 e. The van der Waals surface area contributed by atoms with Crippen molar-refractivity contribution in [3.63, 3.8) is 0 Å². The predicted octanol–water partition coefficient (Wildman–Crippen LogP) is 1.18. The summed E-state index contributed by atoms with van der Waals surface area (Å²) in [5, 5.41) is 2.25. The van der Waals surface area contributed by atoms with Crippen LogP contribution < -0.4 is 11.1 Å². The lowest BCUT2D eigenvalue weighted by Gasteiger charge is -2.38. The molecular formula is C9H15F3N2O. The van der Waals surface area contributed by atoms with Gasteiger partial charge in [0.15, 0.2) is 6.04 Å². The molecule has 1 aliphatic rings. The minimum absolute atomic E-state index is 0.0407. The predicted molar refractivity (Wildman–Crippen MR) is 49.0 cm³/mol. The quantitative estimate of drug-likeness (QED) is 0.756. The van der Waals surface area contributed by atoms with Crippen LogP contribution in [0.5, 0.6) is 0 Å². The van der Waals surface area contributed by atoms with Crippen LogP contribution in [-0.2, 0) is 4.79 Å². The van der Waals surface area contributed by atoms with E-state index < -0.39 is 18.1 Å². The number of halogens is 3. The third kappa shape index (κ3) is 3.09. The Morgan fingerprint density at radius 1 is 1.53 bits per heavy atom. The Hall–Kier alpha value is -0.780. The molecule has 0 saturated heterocycles. The van der Waals surface area contributed by atoms with Crippen molar-refractivity contribution < 1.29 is 18.0 Å². The molecule has 0 heterocycles. The van der Waals surface area contributed by atoms with E-state index in [2.05, 4.69) is 5.32 Å². The van der Waals surface area contributed by atoms with Crippen LogP contribution in [0.1, 0.15) is 26.2 Å². The number of carbonyl (C=O) groups excluding carboxylic acids is 1. The Kier molecular flexibility index (Phi) is 3.28. The van der Waals surface area contributed by atoms with Crippen LogP contribution in [0.4, 0.5) is 13.2 Å². The van der Waals surface area contributed by atoms with E-state index in [1.165, 1.54) is 0 Å². The summed E-state index contributed by atoms with van der Waals surface area (Å²) >= 11 is 0. The first-order valence-electron chi connectivity index (χ1n) is 4.85. The number of hydrogen-bond donors (Lipinski definition) is 2. The highest BCUT2D eigenvalue weighted by atomic mass is 19.4. The van der Waals surface area contributed by atoms with Gasteiger partial charge in [0.1, 0.15) is 0 Å². The van der Waals surface area contributed by atoms with Crippen LogP contribution in [0, 0.1) is 5.41 Å². The second kappa shape index (κ2) is 4.00. The van der Waals surface area contributed by atoms with Crippen molar-refractivity contribution in [3.8, 4) is 0 Å². The second-order valence-corrected chi connectivity index (χ2v) is 4.40. The minimum atomic E-state index is -4.66. The summed E-state index contributed by atoms with van der Waals surface area (Å²) in [4.78, 5) is 11.0. The molecule has 6 heteroatoms. The lowest BCUT2D eigenvalue weighted by molar-refractivity contribution is -0.163. The van der Waals surface area contributed by atoms with Gasteiger partial charge in [-0.3, -0.25) is 4.79 Å². The van der Waals surface area contributed by atoms with Crippen molar-refractivity contribution in [2.75, 3.05) is 6.54 Å². The topological polar surface area (TPSA) is 55.1 Å². The molecule has 0 aliphatic heterocycles. The number of nitrogens with one attached hydrogen (secondary N) is 1. The van der Waals surface area contributed by atoms with Gasteiger partial charge in [-0.05, 0) is 18.3 Å². The van der Waals surface area contributed by atoms with Crippen molar-refractivity contribution in [2.45, 2.75) is 38.4 Å². The van der Waals surface area contributed by atoms with Gasteiger partial charge < -0.3 is 11.1 Å². The fourth-order valence-corrected chi connectivity index (χ4v) is 1.52. The smallest absolute Gasteiger partial charge is 0.354 e. The van der Waals surface area contributed by atoms with Crippen LogP contribution in [0.2, 0.25) is 0 Å². The van der Waals surface area contributed by atoms with E-state index >= 15 is 0 Å². The molecule has 0 aromatic rings. The normalized spacial score (nSPS) is 21.7. The highest BCUT2D eigenvalue weighted by Gasteiger charge is 2.42. The molecule has 0 aromatic heterocycles. The maximum absolute atomic E-state index is 12.0. The molecule has 0 radical (unpaired) electrons. The summed E-state index contributed by atoms with van der Waals surface area (Å²) in [6.45, 7) is 2.21. The molecule has 3 N–H and O–H groups in total. The van der Waals surface area contributed by atoms with E-state index in [1.54, 1.807) is 0 Å². The highest BCUT2D eigenvalue weighted by Crippen LogP contribution is 2.39. The molecule has 15 heavy (non-hydrogen) atoms. The first kappa shape index (κ1) is 12.3. The van der Waals surface area contributed by atoms with E-state index in [-0.39, 0.29) is 12.0 Å². The first-order valence-corrected chi connectivity index (χ1v) is 4.85. The molecule has 1 rings (SSSR count). The van der Waals surface area contributed by atoms with Crippen molar-refractivity contribution in [1.82, 2.24) is 5.32 Å². The zero-order valence-electron chi connectivity index (χ0n) is 8.53. The standard InChI is InChI=1S/C9H15F3N2O/c1-8(3-2-4-8)5-14-7(15)6(13)9(10,11)12/h6H,2-5,13H2,1H3,(H,14,15). The van der Waals surface area contributed by atoms with E-state index in [9.17, 15) is 18.0 Å². The van der Waals surface area contributed by atoms with Gasteiger partial charge in [-0.15, -0.1) is 0 Å². The van der Waals surface area contributed by atoms with Crippen molar-refractivity contribution in [1.29, 1.82) is 0 Å². The Morgan fingerprint density at radius 2 is 2.07 bits per heavy atom. The van der Waals surface area contributed by atoms with Gasteiger partial charge in [-0.2, -0.15) is 13.2 Å². The Balaban J connectivity index is 2.36. The number of alkyl halides is 3. The van der Waals surface area contributed by atoms with Crippen LogP contribution in [-0.4, -0.2) is 24.7 Å². The van der Waals surface area contributed by atoms with Gasteiger partial charge in [0.25, 0.3) is 0 Å². The summed E-state index contributed by atoms with van der Waals surface area (Å²) in [5.41, 5.74) is 4.71. The van der Waals surface area contributed by atoms with Crippen molar-refractivity contribution >= 4 is 5.91 Å². The largest absolute Gasteiger partial charge is 0.412 e. The van der Waals surface area contributed by atoms with Crippen LogP contribution >= 0.6 is 0 Å². The van der Waals surface area contributed by atoms with Gasteiger partial charge in [-0.25, -0.2) is 0 Å². The zero-order valence-corrected chi connectivity index (χ0v) is 8.53. The average Bonchev–Trinajstić information content (AvgIpc) is 2.08. The summed E-state index contributed by atoms with van der Waals surface area (Å²) in [7, 11) is 0. The van der Waals surface area contributed by atoms with Gasteiger partial charge in [-0.1, -0.05) is 13.3 Å². The summed E-state index contributed by atoms with van der Waals surface area (Å²) in [5.74, 6) is -1.14. The first-order chi connectivity index (χ1) is 6.75. The Bertz CT molecular complexity index is 248. The molecule has 1 atom stereocenters. The number of nitrogens with two attached hydrogens (primary N) is 1. The molecule has 1 saturated carbocycles. The summed E-state index contributed by atoms with van der Waals surface area (Å²) in [6.07, 6.45) is -1.72. The lowest BCUT2D eigenvalue weighted by Crippen LogP contribution is -2.52. The van der Waals surface area contributed by atoms with E-state index in [0.29, 0.717) is 0 Å². The Morgan fingerprint density at radius 3 is 2.40 bits per heavy atom. The molecule has 0 aromatic carbocycles. The van der Waals surface area contributed by atoms with E-state index in [0.717, 1.165) is 19.3 Å². The summed E-state index contributed by atoms with van der Waals surface area (Å²) < 4.78 is 36.1. The fourth-order valence-electron chi connectivity index (χ4n) is 1.52. The fraction of sp³-hybridized carbons (Fsp3) is 0.889. The number of carbonyl (C=O) groups is 1. The third-order valence-electron chi connectivity index (χ3n) is 2.89. The summed E-state index contributed by atoms with van der Waals surface area (Å²) in [6, 6.07) is -2.42. The Labute approximate surface area is 86.2 Å². The number of amides is 1. The monoisotopic (exact) mass is 224 g/mol. The molecule has 1 unspecified atom stereocenters. The van der Waals surface area contributed by atoms with Crippen molar-refractivity contribution in [2.24, 2.45) is 11.1 Å². The van der Waals surface area contributed by atoms with Gasteiger partial charge >= 0.3 is 6.18 Å². The van der Waals surface area contributed by atoms with Crippen LogP contribution in [0.3, 0.4) is 0 Å². The zero-order chi connectivity index (χ0) is 11.7. The van der Waals surface area contributed by atoms with Crippen LogP contribution in [0.25, 0.3) is 0 Å². The van der Waals surface area contributed by atoms with E-state index in [4.69, 9.17) is 5.73 Å². The molecule has 0 bridgehead atoms. The third-order valence-corrected chi connectivity index (χ3v) is 2.89.